The molecule has 17 heteroatoms. The lowest BCUT2D eigenvalue weighted by Gasteiger charge is -2.57. The van der Waals surface area contributed by atoms with Gasteiger partial charge in [-0.1, -0.05) is 44.4 Å². The largest absolute Gasteiger partial charge is 0.508 e. The van der Waals surface area contributed by atoms with Crippen LogP contribution in [0.4, 0.5) is 0 Å². The van der Waals surface area contributed by atoms with E-state index in [9.17, 15) is 40.5 Å². The van der Waals surface area contributed by atoms with Gasteiger partial charge in [0, 0.05) is 30.1 Å². The molecule has 4 heterocycles. The Balaban J connectivity index is 1.10. The first-order chi connectivity index (χ1) is 29.8. The van der Waals surface area contributed by atoms with E-state index in [-0.39, 0.29) is 60.3 Å². The van der Waals surface area contributed by atoms with Gasteiger partial charge in [0.05, 0.1) is 18.9 Å². The van der Waals surface area contributed by atoms with Crippen molar-refractivity contribution in [2.24, 2.45) is 20.4 Å². The summed E-state index contributed by atoms with van der Waals surface area (Å²) in [5, 5.41) is 86.0. The lowest BCUT2D eigenvalue weighted by Crippen LogP contribution is -2.76. The Kier molecular flexibility index (Phi) is 11.8. The van der Waals surface area contributed by atoms with E-state index < -0.39 is 53.4 Å². The summed E-state index contributed by atoms with van der Waals surface area (Å²) >= 11 is 0. The van der Waals surface area contributed by atoms with Gasteiger partial charge in [0.1, 0.15) is 65.4 Å². The van der Waals surface area contributed by atoms with Gasteiger partial charge in [0.15, 0.2) is 23.3 Å². The monoisotopic (exact) mass is 853 g/mol. The number of aryl methyl sites for hydroxylation is 1. The number of fused-ring (bicyclic) bond motifs is 1. The van der Waals surface area contributed by atoms with E-state index in [1.807, 2.05) is 13.0 Å². The van der Waals surface area contributed by atoms with Crippen LogP contribution in [0.3, 0.4) is 0 Å². The number of rotatable bonds is 14. The lowest BCUT2D eigenvalue weighted by molar-refractivity contribution is -0.326. The molecule has 6 unspecified atom stereocenters. The molecule has 6 atom stereocenters. The van der Waals surface area contributed by atoms with Gasteiger partial charge in [-0.3, -0.25) is 10.4 Å². The number of aliphatic hydroxyl groups is 4. The molecule has 0 amide bonds. The van der Waals surface area contributed by atoms with Crippen LogP contribution in [-0.4, -0.2) is 109 Å². The molecule has 17 nitrogen and oxygen atoms in total. The highest BCUT2D eigenvalue weighted by Crippen LogP contribution is 2.55. The third-order valence-electron chi connectivity index (χ3n) is 12.1. The zero-order chi connectivity index (χ0) is 43.8. The highest BCUT2D eigenvalue weighted by atomic mass is 16.7. The summed E-state index contributed by atoms with van der Waals surface area (Å²) in [6.07, 6.45) is 0.763. The molecule has 0 spiro atoms. The fraction of sp³-hybridized carbons (Fsp3) is 0.400. The molecule has 3 aromatic carbocycles. The molecule has 0 bridgehead atoms. The van der Waals surface area contributed by atoms with Crippen molar-refractivity contribution in [3.05, 3.63) is 89.0 Å². The number of nitrogens with two attached hydrogens (primary N) is 1. The summed E-state index contributed by atoms with van der Waals surface area (Å²) in [6.45, 7) is 2.11. The van der Waals surface area contributed by atoms with Crippen molar-refractivity contribution in [2.45, 2.75) is 94.8 Å². The lowest BCUT2D eigenvalue weighted by atomic mass is 9.55. The second-order valence-electron chi connectivity index (χ2n) is 16.0. The zero-order valence-electron chi connectivity index (χ0n) is 33.9. The predicted octanol–water partition coefficient (Wildman–Crippen LogP) is 3.28. The smallest absolute Gasteiger partial charge is 0.336 e. The van der Waals surface area contributed by atoms with Gasteiger partial charge in [0.2, 0.25) is 12.0 Å². The summed E-state index contributed by atoms with van der Waals surface area (Å²) in [4.78, 5) is 25.8. The van der Waals surface area contributed by atoms with Crippen LogP contribution >= 0.6 is 0 Å². The van der Waals surface area contributed by atoms with E-state index in [4.69, 9.17) is 29.1 Å². The Morgan fingerprint density at radius 2 is 1.74 bits per heavy atom. The molecule has 9 N–H and O–H groups in total. The molecule has 0 aromatic heterocycles. The minimum Gasteiger partial charge on any atom is -0.508 e. The van der Waals surface area contributed by atoms with E-state index in [2.05, 4.69) is 15.0 Å². The number of amidine groups is 1. The minimum atomic E-state index is -2.57. The van der Waals surface area contributed by atoms with E-state index >= 15 is 0 Å². The van der Waals surface area contributed by atoms with Gasteiger partial charge in [-0.2, -0.15) is 0 Å². The molecule has 5 aliphatic rings. The molecular weight excluding hydrogens is 805 g/mol. The van der Waals surface area contributed by atoms with Crippen molar-refractivity contribution in [3.8, 4) is 34.5 Å². The van der Waals surface area contributed by atoms with Crippen LogP contribution < -0.4 is 24.4 Å². The van der Waals surface area contributed by atoms with Crippen molar-refractivity contribution in [3.63, 3.8) is 0 Å². The van der Waals surface area contributed by atoms with Crippen molar-refractivity contribution in [2.75, 3.05) is 13.2 Å². The van der Waals surface area contributed by atoms with Crippen LogP contribution in [0, 0.1) is 5.41 Å². The summed E-state index contributed by atoms with van der Waals surface area (Å²) in [5.74, 6) is -2.41. The second kappa shape index (κ2) is 17.2. The Morgan fingerprint density at radius 1 is 0.984 bits per heavy atom. The van der Waals surface area contributed by atoms with Crippen LogP contribution in [0.25, 0.3) is 5.76 Å². The standard InChI is InChI=1S/C45H48N4O13/c1-2-24-16-25(18-28(50)17-24)22-59-39-33(61-43-38(53)40(54)45(57,41(62-43)42(55)56)44(13-4-3-5-14-44)34-21-47-23-48-34)20-32-36(37(39)52)30(51)19-31(60-32)26-6-9-29(10-7-26)58-15-12-27-8-11-35(46)49-27/h6-11,16-20,23,31,38,40-41,43,46,50-54,57H,2-5,12-15,21-22H2,1H3,(H,55,56)/p+1. The average Bonchev–Trinajstić information content (AvgIpc) is 3.96. The summed E-state index contributed by atoms with van der Waals surface area (Å²) in [7, 11) is 0. The number of benzene rings is 3. The highest BCUT2D eigenvalue weighted by molar-refractivity contribution is 6.13. The third-order valence-corrected chi connectivity index (χ3v) is 12.1. The number of aliphatic imine (C=N–C) groups is 3. The van der Waals surface area contributed by atoms with Gasteiger partial charge < -0.3 is 59.4 Å². The molecule has 1 aliphatic carbocycles. The fourth-order valence-corrected chi connectivity index (χ4v) is 9.02. The van der Waals surface area contributed by atoms with Crippen molar-refractivity contribution in [1.82, 2.24) is 0 Å². The van der Waals surface area contributed by atoms with Gasteiger partial charge in [-0.15, -0.1) is 0 Å². The van der Waals surface area contributed by atoms with E-state index in [0.717, 1.165) is 17.7 Å². The van der Waals surface area contributed by atoms with Crippen molar-refractivity contribution in [1.29, 1.82) is 0 Å². The Bertz CT molecular complexity index is 2390. The third kappa shape index (κ3) is 7.88. The number of carbonyl (C=O) groups is 1. The number of nitrogens with zero attached hydrogens (tertiary/aromatic N) is 3. The highest BCUT2D eigenvalue weighted by Gasteiger charge is 2.69. The second-order valence-corrected chi connectivity index (χ2v) is 16.0. The summed E-state index contributed by atoms with van der Waals surface area (Å²) in [5.41, 5.74) is -1.02. The van der Waals surface area contributed by atoms with Gasteiger partial charge in [-0.25, -0.2) is 9.79 Å². The normalized spacial score (nSPS) is 26.2. The number of aliphatic hydroxyl groups excluding tert-OH is 3. The number of aliphatic carboxylic acids is 1. The quantitative estimate of drug-likeness (QED) is 0.116. The van der Waals surface area contributed by atoms with Crippen LogP contribution in [0.5, 0.6) is 34.5 Å². The first-order valence-electron chi connectivity index (χ1n) is 20.5. The number of aromatic hydroxyl groups is 2. The number of carboxylic acid groups (broad SMARTS) is 1. The summed E-state index contributed by atoms with van der Waals surface area (Å²) < 4.78 is 30.4. The zero-order valence-corrected chi connectivity index (χ0v) is 33.9. The topological polar surface area (TPSA) is 267 Å². The number of hydrogen-bond donors (Lipinski definition) is 8. The van der Waals surface area contributed by atoms with E-state index in [1.165, 1.54) is 24.5 Å². The number of carboxylic acids is 1. The van der Waals surface area contributed by atoms with Gasteiger partial charge in [-0.05, 0) is 71.3 Å². The summed E-state index contributed by atoms with van der Waals surface area (Å²) in [6, 6.07) is 13.1. The van der Waals surface area contributed by atoms with Crippen LogP contribution in [0.1, 0.15) is 73.8 Å². The maximum absolute atomic E-state index is 13.1. The van der Waals surface area contributed by atoms with Gasteiger partial charge >= 0.3 is 11.8 Å². The molecule has 0 radical (unpaired) electrons. The van der Waals surface area contributed by atoms with E-state index in [0.29, 0.717) is 60.7 Å². The number of phenols is 2. The Hall–Kier alpha value is -6.27. The molecule has 3 aromatic rings. The Morgan fingerprint density at radius 3 is 2.42 bits per heavy atom. The molecule has 4 aliphatic heterocycles. The minimum absolute atomic E-state index is 0.0136. The number of phenolic OH excluding ortho intramolecular Hbond substituents is 2. The maximum Gasteiger partial charge on any atom is 0.336 e. The Labute approximate surface area is 356 Å². The fourth-order valence-electron chi connectivity index (χ4n) is 9.02. The first-order valence-corrected chi connectivity index (χ1v) is 20.5. The molecule has 1 saturated heterocycles. The van der Waals surface area contributed by atoms with Crippen LogP contribution in [-0.2, 0) is 22.6 Å². The van der Waals surface area contributed by atoms with E-state index in [1.54, 1.807) is 42.5 Å². The number of hydrogen-bond acceptors (Lipinski definition) is 14. The number of allylic oxidation sites excluding steroid dienone is 1. The molecule has 62 heavy (non-hydrogen) atoms. The van der Waals surface area contributed by atoms with Crippen LogP contribution in [0.15, 0.2) is 81.7 Å². The maximum atomic E-state index is 13.1. The van der Waals surface area contributed by atoms with Crippen molar-refractivity contribution >= 4 is 35.3 Å². The predicted molar refractivity (Wildman–Crippen MR) is 224 cm³/mol. The van der Waals surface area contributed by atoms with Crippen LogP contribution in [0.2, 0.25) is 0 Å². The van der Waals surface area contributed by atoms with Gasteiger partial charge in [0.25, 0.3) is 0 Å². The molecule has 326 valence electrons. The molecular formula is C45H49N4O13+. The molecule has 8 rings (SSSR count). The molecule has 2 fully saturated rings. The average molecular weight is 854 g/mol. The van der Waals surface area contributed by atoms with Crippen molar-refractivity contribution < 1.29 is 69.6 Å². The number of ether oxygens (including phenoxy) is 5. The first kappa shape index (κ1) is 42.4. The SMILES string of the molecule is CCc1cc(O)cc(COc2c(OC3OC(C(=O)O)C(O)(C4(C5=NC=NC5)CCCCC4)C(O)C3O)cc3c(c2O)C(O)=CC(c2ccc(OCCC4=NC(=[NH2+])C=C4)cc2)O3)c1. The molecule has 1 saturated carbocycles.